The van der Waals surface area contributed by atoms with Gasteiger partial charge in [0.25, 0.3) is 0 Å². The van der Waals surface area contributed by atoms with Crippen molar-refractivity contribution in [2.75, 3.05) is 13.1 Å². The highest BCUT2D eigenvalue weighted by atomic mass is 19.4. The summed E-state index contributed by atoms with van der Waals surface area (Å²) in [4.78, 5) is 65.6. The predicted octanol–water partition coefficient (Wildman–Crippen LogP) is -0.0342. The molecule has 6 atom stereocenters. The summed E-state index contributed by atoms with van der Waals surface area (Å²) in [6.45, 7) is 6.25. The smallest absolute Gasteiger partial charge is 0.354 e. The summed E-state index contributed by atoms with van der Waals surface area (Å²) in [6, 6.07) is -2.98. The average molecular weight is 543 g/mol. The van der Waals surface area contributed by atoms with Crippen LogP contribution < -0.4 is 21.3 Å². The van der Waals surface area contributed by atoms with E-state index < -0.39 is 71.2 Å². The lowest BCUT2D eigenvalue weighted by molar-refractivity contribution is -0.176. The number of alkyl halides is 3. The molecular formula is C24H33F3N6O5. The molecular weight excluding hydrogens is 509 g/mol. The molecule has 38 heavy (non-hydrogen) atoms. The number of nitrogens with one attached hydrogen (secondary N) is 4. The Morgan fingerprint density at radius 3 is 2.34 bits per heavy atom. The molecule has 3 fully saturated rings. The second-order valence-electron chi connectivity index (χ2n) is 11.2. The molecule has 11 nitrogen and oxygen atoms in total. The van der Waals surface area contributed by atoms with Crippen molar-refractivity contribution in [2.24, 2.45) is 23.2 Å². The van der Waals surface area contributed by atoms with Gasteiger partial charge in [-0.05, 0) is 31.1 Å². The predicted molar refractivity (Wildman–Crippen MR) is 125 cm³/mol. The van der Waals surface area contributed by atoms with Crippen LogP contribution in [0.2, 0.25) is 0 Å². The van der Waals surface area contributed by atoms with Crippen molar-refractivity contribution >= 4 is 29.5 Å². The molecule has 1 unspecified atom stereocenters. The summed E-state index contributed by atoms with van der Waals surface area (Å²) in [5.74, 6) is -6.16. The minimum atomic E-state index is -5.28. The van der Waals surface area contributed by atoms with E-state index in [4.69, 9.17) is 0 Å². The highest BCUT2D eigenvalue weighted by Gasteiger charge is 2.51. The Hall–Kier alpha value is -3.37. The molecule has 3 aliphatic rings. The lowest BCUT2D eigenvalue weighted by Gasteiger charge is -2.38. The maximum Gasteiger partial charge on any atom is 0.471 e. The number of rotatable bonds is 2. The Balaban J connectivity index is 2.06. The van der Waals surface area contributed by atoms with E-state index in [0.29, 0.717) is 6.42 Å². The van der Waals surface area contributed by atoms with E-state index in [2.05, 4.69) is 16.0 Å². The van der Waals surface area contributed by atoms with Crippen LogP contribution in [-0.2, 0) is 24.0 Å². The number of hydrogen-bond acceptors (Lipinski definition) is 6. The number of nitriles is 1. The lowest BCUT2D eigenvalue weighted by Crippen LogP contribution is -2.63. The number of amides is 5. The first-order chi connectivity index (χ1) is 17.6. The first kappa shape index (κ1) is 29.2. The summed E-state index contributed by atoms with van der Waals surface area (Å²) in [6.07, 6.45) is -4.90. The van der Waals surface area contributed by atoms with Gasteiger partial charge in [0.2, 0.25) is 23.6 Å². The van der Waals surface area contributed by atoms with Gasteiger partial charge in [-0.3, -0.25) is 24.0 Å². The van der Waals surface area contributed by atoms with E-state index in [1.807, 2.05) is 19.9 Å². The molecule has 3 saturated heterocycles. The molecule has 0 aromatic heterocycles. The van der Waals surface area contributed by atoms with Crippen molar-refractivity contribution in [3.05, 3.63) is 0 Å². The van der Waals surface area contributed by atoms with Crippen LogP contribution in [0.3, 0.4) is 0 Å². The molecule has 3 heterocycles. The largest absolute Gasteiger partial charge is 0.471 e. The minimum Gasteiger partial charge on any atom is -0.354 e. The number of carbonyl (C=O) groups excluding carboxylic acids is 5. The molecule has 4 N–H and O–H groups in total. The van der Waals surface area contributed by atoms with Gasteiger partial charge in [0.1, 0.15) is 24.2 Å². The zero-order valence-corrected chi connectivity index (χ0v) is 21.6. The van der Waals surface area contributed by atoms with Crippen LogP contribution in [0.25, 0.3) is 0 Å². The van der Waals surface area contributed by atoms with Crippen LogP contribution in [0, 0.1) is 34.5 Å². The van der Waals surface area contributed by atoms with Crippen molar-refractivity contribution in [3.8, 4) is 6.07 Å². The van der Waals surface area contributed by atoms with Crippen molar-refractivity contribution in [3.63, 3.8) is 0 Å². The van der Waals surface area contributed by atoms with Gasteiger partial charge in [-0.2, -0.15) is 18.4 Å². The highest BCUT2D eigenvalue weighted by Crippen LogP contribution is 2.34. The Labute approximate surface area is 218 Å². The van der Waals surface area contributed by atoms with Crippen molar-refractivity contribution < 1.29 is 37.1 Å². The van der Waals surface area contributed by atoms with Gasteiger partial charge in [0.15, 0.2) is 0 Å². The van der Waals surface area contributed by atoms with Crippen LogP contribution in [0.15, 0.2) is 0 Å². The summed E-state index contributed by atoms with van der Waals surface area (Å²) >= 11 is 0. The van der Waals surface area contributed by atoms with Gasteiger partial charge in [-0.15, -0.1) is 0 Å². The van der Waals surface area contributed by atoms with Crippen molar-refractivity contribution in [1.82, 2.24) is 26.2 Å². The molecule has 0 saturated carbocycles. The van der Waals surface area contributed by atoms with Crippen LogP contribution in [0.1, 0.15) is 47.0 Å². The number of fused-ring (bicyclic) bond motifs is 3. The van der Waals surface area contributed by atoms with E-state index in [0.717, 1.165) is 4.90 Å². The maximum atomic E-state index is 13.8. The Kier molecular flexibility index (Phi) is 8.28. The number of halogens is 3. The van der Waals surface area contributed by atoms with E-state index >= 15 is 0 Å². The van der Waals surface area contributed by atoms with Gasteiger partial charge in [0.05, 0.1) is 6.07 Å². The summed E-state index contributed by atoms with van der Waals surface area (Å²) < 4.78 is 39.6. The molecule has 2 bridgehead atoms. The summed E-state index contributed by atoms with van der Waals surface area (Å²) in [5.41, 5.74) is -1.43. The van der Waals surface area contributed by atoms with Gasteiger partial charge in [-0.25, -0.2) is 0 Å². The van der Waals surface area contributed by atoms with Gasteiger partial charge < -0.3 is 26.2 Å². The monoisotopic (exact) mass is 542 g/mol. The van der Waals surface area contributed by atoms with Crippen LogP contribution >= 0.6 is 0 Å². The van der Waals surface area contributed by atoms with E-state index in [1.54, 1.807) is 5.32 Å². The highest BCUT2D eigenvalue weighted by molar-refractivity contribution is 5.95. The second-order valence-corrected chi connectivity index (χ2v) is 11.2. The standard InChI is InChI=1S/C24H33F3N6O5/c1-11(2)14-5-6-33-16(14)20(36)30-13(9-28)7-12-8-15(31-18(12)34)19(35)29-10-23(3,4)17(21(33)37)32-22(38)24(25,26)27/h11-17H,5-8,10H2,1-4H3,(H,29,35)(H,30,36)(H,31,34)(H,32,38)/t12?,13-,14+,15+,16-,17+/m0/s1. The molecule has 5 amide bonds. The molecule has 3 rings (SSSR count). The normalized spacial score (nSPS) is 32.3. The Morgan fingerprint density at radius 2 is 1.76 bits per heavy atom. The van der Waals surface area contributed by atoms with Gasteiger partial charge in [0, 0.05) is 24.4 Å². The number of carbonyl (C=O) groups is 5. The molecule has 14 heteroatoms. The summed E-state index contributed by atoms with van der Waals surface area (Å²) in [5, 5.41) is 19.1. The topological polar surface area (TPSA) is 160 Å². The molecule has 0 radical (unpaired) electrons. The molecule has 210 valence electrons. The SMILES string of the molecule is CC(C)[C@H]1CCN2C(=O)[C@@H](NC(=O)C(F)(F)F)C(C)(C)CNC(=O)[C@H]3CC(C[C@@H](C#N)NC(=O)[C@H]12)C(=O)N3. The quantitative estimate of drug-likeness (QED) is 0.383. The first-order valence-corrected chi connectivity index (χ1v) is 12.5. The number of nitrogens with zero attached hydrogens (tertiary/aromatic N) is 2. The molecule has 3 aliphatic heterocycles. The third-order valence-corrected chi connectivity index (χ3v) is 7.65. The molecule has 0 aromatic rings. The zero-order chi connectivity index (χ0) is 28.6. The van der Waals surface area contributed by atoms with Crippen LogP contribution in [0.4, 0.5) is 13.2 Å². The zero-order valence-electron chi connectivity index (χ0n) is 21.6. The van der Waals surface area contributed by atoms with Crippen molar-refractivity contribution in [2.45, 2.75) is 77.3 Å². The minimum absolute atomic E-state index is 0.0465. The van der Waals surface area contributed by atoms with E-state index in [9.17, 15) is 42.4 Å². The molecule has 0 aromatic carbocycles. The maximum absolute atomic E-state index is 13.8. The number of hydrogen-bond donors (Lipinski definition) is 4. The molecule has 0 aliphatic carbocycles. The lowest BCUT2D eigenvalue weighted by atomic mass is 9.82. The van der Waals surface area contributed by atoms with E-state index in [1.165, 1.54) is 13.8 Å². The first-order valence-electron chi connectivity index (χ1n) is 12.5. The average Bonchev–Trinajstić information content (AvgIpc) is 3.43. The van der Waals surface area contributed by atoms with E-state index in [-0.39, 0.29) is 37.8 Å². The third-order valence-electron chi connectivity index (χ3n) is 7.65. The Morgan fingerprint density at radius 1 is 1.11 bits per heavy atom. The second kappa shape index (κ2) is 10.8. The van der Waals surface area contributed by atoms with Gasteiger partial charge >= 0.3 is 12.1 Å². The van der Waals surface area contributed by atoms with Crippen LogP contribution in [-0.4, -0.2) is 77.9 Å². The fourth-order valence-corrected chi connectivity index (χ4v) is 5.41. The van der Waals surface area contributed by atoms with Crippen molar-refractivity contribution in [1.29, 1.82) is 5.26 Å². The van der Waals surface area contributed by atoms with Gasteiger partial charge in [-0.1, -0.05) is 27.7 Å². The van der Waals surface area contributed by atoms with Crippen LogP contribution in [0.5, 0.6) is 0 Å². The fraction of sp³-hybridized carbons (Fsp3) is 0.750. The third kappa shape index (κ3) is 6.02. The summed E-state index contributed by atoms with van der Waals surface area (Å²) in [7, 11) is 0. The molecule has 0 spiro atoms. The fourth-order valence-electron chi connectivity index (χ4n) is 5.41. The Bertz CT molecular complexity index is 1040.